The fourth-order valence-corrected chi connectivity index (χ4v) is 2.28. The molecule has 2 atom stereocenters. The van der Waals surface area contributed by atoms with Gasteiger partial charge in [0.05, 0.1) is 12.7 Å². The summed E-state index contributed by atoms with van der Waals surface area (Å²) in [5.41, 5.74) is 0.435. The van der Waals surface area contributed by atoms with E-state index < -0.39 is 0 Å². The van der Waals surface area contributed by atoms with Crippen molar-refractivity contribution in [3.8, 4) is 0 Å². The molecule has 12 heavy (non-hydrogen) atoms. The van der Waals surface area contributed by atoms with Gasteiger partial charge in [-0.05, 0) is 11.8 Å². The molecular formula is C10H19NO. The van der Waals surface area contributed by atoms with Crippen LogP contribution in [0.4, 0.5) is 0 Å². The second-order valence-corrected chi connectivity index (χ2v) is 5.33. The van der Waals surface area contributed by atoms with Crippen molar-refractivity contribution in [3.63, 3.8) is 0 Å². The first-order chi connectivity index (χ1) is 5.54. The lowest BCUT2D eigenvalue weighted by Gasteiger charge is -2.32. The van der Waals surface area contributed by atoms with Gasteiger partial charge in [0.2, 0.25) is 0 Å². The Labute approximate surface area is 74.9 Å². The number of nitrogens with zero attached hydrogens (tertiary/aromatic N) is 1. The molecule has 2 nitrogen and oxygen atoms in total. The largest absolute Gasteiger partial charge is 0.375 e. The number of rotatable bonds is 1. The van der Waals surface area contributed by atoms with Crippen LogP contribution in [0.15, 0.2) is 0 Å². The molecule has 2 saturated heterocycles. The van der Waals surface area contributed by atoms with Gasteiger partial charge < -0.3 is 4.74 Å². The van der Waals surface area contributed by atoms with E-state index in [1.165, 1.54) is 19.5 Å². The van der Waals surface area contributed by atoms with E-state index in [4.69, 9.17) is 4.74 Å². The van der Waals surface area contributed by atoms with Crippen LogP contribution in [0, 0.1) is 5.41 Å². The van der Waals surface area contributed by atoms with Crippen LogP contribution in [-0.4, -0.2) is 36.7 Å². The molecule has 2 heteroatoms. The number of fused-ring (bicyclic) bond motifs is 2. The maximum absolute atomic E-state index is 5.55. The third-order valence-electron chi connectivity index (χ3n) is 2.69. The molecule has 0 aromatic heterocycles. The van der Waals surface area contributed by atoms with Crippen molar-refractivity contribution in [2.75, 3.05) is 19.7 Å². The third kappa shape index (κ3) is 1.64. The van der Waals surface area contributed by atoms with Crippen molar-refractivity contribution in [2.45, 2.75) is 39.3 Å². The lowest BCUT2D eigenvalue weighted by atomic mass is 9.96. The molecule has 0 spiro atoms. The summed E-state index contributed by atoms with van der Waals surface area (Å²) in [6.45, 7) is 10.3. The van der Waals surface area contributed by atoms with Crippen LogP contribution in [0.3, 0.4) is 0 Å². The Morgan fingerprint density at radius 1 is 1.42 bits per heavy atom. The first-order valence-corrected chi connectivity index (χ1v) is 4.90. The highest BCUT2D eigenvalue weighted by Crippen LogP contribution is 2.30. The minimum atomic E-state index is 0.435. The van der Waals surface area contributed by atoms with Crippen molar-refractivity contribution < 1.29 is 4.74 Å². The van der Waals surface area contributed by atoms with Gasteiger partial charge in [-0.2, -0.15) is 0 Å². The Bertz CT molecular complexity index is 173. The highest BCUT2D eigenvalue weighted by atomic mass is 16.5. The van der Waals surface area contributed by atoms with E-state index >= 15 is 0 Å². The quantitative estimate of drug-likeness (QED) is 0.590. The molecule has 2 bridgehead atoms. The zero-order valence-corrected chi connectivity index (χ0v) is 8.34. The average Bonchev–Trinajstić information content (AvgIpc) is 2.42. The van der Waals surface area contributed by atoms with Crippen molar-refractivity contribution in [3.05, 3.63) is 0 Å². The Morgan fingerprint density at radius 3 is 2.58 bits per heavy atom. The van der Waals surface area contributed by atoms with Gasteiger partial charge in [-0.25, -0.2) is 0 Å². The number of ether oxygens (including phenoxy) is 1. The second-order valence-electron chi connectivity index (χ2n) is 5.33. The summed E-state index contributed by atoms with van der Waals surface area (Å²) in [4.78, 5) is 2.59. The molecule has 70 valence electrons. The summed E-state index contributed by atoms with van der Waals surface area (Å²) in [7, 11) is 0. The van der Waals surface area contributed by atoms with Crippen LogP contribution in [0.25, 0.3) is 0 Å². The third-order valence-corrected chi connectivity index (χ3v) is 2.69. The zero-order valence-electron chi connectivity index (χ0n) is 8.34. The van der Waals surface area contributed by atoms with Gasteiger partial charge in [-0.15, -0.1) is 0 Å². The molecule has 0 N–H and O–H groups in total. The summed E-state index contributed by atoms with van der Waals surface area (Å²) in [6, 6.07) is 0.731. The topological polar surface area (TPSA) is 12.5 Å². The molecule has 0 unspecified atom stereocenters. The van der Waals surface area contributed by atoms with E-state index in [1.807, 2.05) is 0 Å². The predicted octanol–water partition coefficient (Wildman–Crippen LogP) is 1.51. The van der Waals surface area contributed by atoms with Crippen LogP contribution in [0.1, 0.15) is 27.2 Å². The van der Waals surface area contributed by atoms with Crippen molar-refractivity contribution in [2.24, 2.45) is 5.41 Å². The smallest absolute Gasteiger partial charge is 0.0718 e. The first-order valence-electron chi connectivity index (χ1n) is 4.90. The average molecular weight is 169 g/mol. The van der Waals surface area contributed by atoms with Crippen LogP contribution >= 0.6 is 0 Å². The van der Waals surface area contributed by atoms with E-state index in [-0.39, 0.29) is 0 Å². The maximum atomic E-state index is 5.55. The monoisotopic (exact) mass is 169 g/mol. The molecule has 0 amide bonds. The highest BCUT2D eigenvalue weighted by molar-refractivity contribution is 4.92. The van der Waals surface area contributed by atoms with Crippen LogP contribution in [-0.2, 0) is 4.74 Å². The molecule has 0 saturated carbocycles. The van der Waals surface area contributed by atoms with Crippen LogP contribution in [0.2, 0.25) is 0 Å². The lowest BCUT2D eigenvalue weighted by Crippen LogP contribution is -2.41. The van der Waals surface area contributed by atoms with Gasteiger partial charge in [0.25, 0.3) is 0 Å². The van der Waals surface area contributed by atoms with Crippen molar-refractivity contribution in [1.29, 1.82) is 0 Å². The fourth-order valence-electron chi connectivity index (χ4n) is 2.28. The molecule has 2 aliphatic rings. The molecule has 2 aliphatic heterocycles. The van der Waals surface area contributed by atoms with E-state index in [2.05, 4.69) is 25.7 Å². The number of morpholine rings is 1. The van der Waals surface area contributed by atoms with Crippen molar-refractivity contribution in [1.82, 2.24) is 4.90 Å². The lowest BCUT2D eigenvalue weighted by molar-refractivity contribution is 0.0180. The van der Waals surface area contributed by atoms with Crippen molar-refractivity contribution >= 4 is 0 Å². The van der Waals surface area contributed by atoms with Gasteiger partial charge in [0, 0.05) is 19.1 Å². The standard InChI is InChI=1S/C10H19NO/c1-10(2,3)7-11-5-9-4-8(11)6-12-9/h8-9H,4-7H2,1-3H3/t8-,9-/m0/s1. The minimum Gasteiger partial charge on any atom is -0.375 e. The number of hydrogen-bond acceptors (Lipinski definition) is 2. The van der Waals surface area contributed by atoms with E-state index in [0.717, 1.165) is 12.6 Å². The molecule has 0 aliphatic carbocycles. The summed E-state index contributed by atoms with van der Waals surface area (Å²) in [5.74, 6) is 0. The Hall–Kier alpha value is -0.0800. The first kappa shape index (κ1) is 8.52. The van der Waals surface area contributed by atoms with Gasteiger partial charge in [-0.1, -0.05) is 20.8 Å². The summed E-state index contributed by atoms with van der Waals surface area (Å²) < 4.78 is 5.55. The molecule has 0 aromatic carbocycles. The highest BCUT2D eigenvalue weighted by Gasteiger charge is 2.39. The van der Waals surface area contributed by atoms with Gasteiger partial charge in [0.15, 0.2) is 0 Å². The summed E-state index contributed by atoms with van der Waals surface area (Å²) in [6.07, 6.45) is 1.83. The fraction of sp³-hybridized carbons (Fsp3) is 1.00. The summed E-state index contributed by atoms with van der Waals surface area (Å²) >= 11 is 0. The molecule has 2 heterocycles. The Morgan fingerprint density at radius 2 is 2.17 bits per heavy atom. The SMILES string of the molecule is CC(C)(C)CN1C[C@@H]2C[C@H]1CO2. The summed E-state index contributed by atoms with van der Waals surface area (Å²) in [5, 5.41) is 0. The Kier molecular flexibility index (Phi) is 1.92. The molecule has 0 aromatic rings. The Balaban J connectivity index is 1.91. The zero-order chi connectivity index (χ0) is 8.77. The van der Waals surface area contributed by atoms with Gasteiger partial charge >= 0.3 is 0 Å². The van der Waals surface area contributed by atoms with Crippen LogP contribution < -0.4 is 0 Å². The predicted molar refractivity (Wildman–Crippen MR) is 49.2 cm³/mol. The molecule has 2 rings (SSSR count). The molecule has 0 radical (unpaired) electrons. The molecular weight excluding hydrogens is 150 g/mol. The normalized spacial score (nSPS) is 36.2. The van der Waals surface area contributed by atoms with Crippen LogP contribution in [0.5, 0.6) is 0 Å². The second kappa shape index (κ2) is 2.71. The van der Waals surface area contributed by atoms with Gasteiger partial charge in [0.1, 0.15) is 0 Å². The number of likely N-dealkylation sites (tertiary alicyclic amines) is 1. The molecule has 2 fully saturated rings. The van der Waals surface area contributed by atoms with Gasteiger partial charge in [-0.3, -0.25) is 4.90 Å². The number of hydrogen-bond donors (Lipinski definition) is 0. The van der Waals surface area contributed by atoms with E-state index in [1.54, 1.807) is 0 Å². The van der Waals surface area contributed by atoms with E-state index in [0.29, 0.717) is 11.5 Å². The maximum Gasteiger partial charge on any atom is 0.0718 e. The minimum absolute atomic E-state index is 0.435. The van der Waals surface area contributed by atoms with E-state index in [9.17, 15) is 0 Å².